The number of rotatable bonds is 1. The van der Waals surface area contributed by atoms with Crippen molar-refractivity contribution in [3.63, 3.8) is 0 Å². The lowest BCUT2D eigenvalue weighted by Crippen LogP contribution is -2.33. The fourth-order valence-electron chi connectivity index (χ4n) is 1.93. The van der Waals surface area contributed by atoms with Gasteiger partial charge in [0.1, 0.15) is 5.75 Å². The first kappa shape index (κ1) is 13.7. The van der Waals surface area contributed by atoms with Crippen molar-refractivity contribution >= 4 is 16.7 Å². The van der Waals surface area contributed by atoms with Crippen LogP contribution in [-0.2, 0) is 0 Å². The van der Waals surface area contributed by atoms with E-state index in [0.29, 0.717) is 0 Å². The SMILES string of the molecule is N#Cc1c2nc(=O)on2c2ccc(OC(F)(F)F)cc2[n+]1[O-]. The van der Waals surface area contributed by atoms with Crippen LogP contribution < -0.4 is 15.2 Å². The summed E-state index contributed by atoms with van der Waals surface area (Å²) in [5.74, 6) is -1.71. The van der Waals surface area contributed by atoms with Crippen LogP contribution >= 0.6 is 0 Å². The van der Waals surface area contributed by atoms with E-state index in [4.69, 9.17) is 9.78 Å². The molecule has 0 N–H and O–H groups in total. The predicted molar refractivity (Wildman–Crippen MR) is 61.6 cm³/mol. The van der Waals surface area contributed by atoms with E-state index in [1.165, 1.54) is 6.07 Å². The molecule has 3 aromatic rings. The molecule has 1 aromatic carbocycles. The second-order valence-corrected chi connectivity index (χ2v) is 4.04. The molecule has 11 heteroatoms. The third-order valence-electron chi connectivity index (χ3n) is 2.70. The van der Waals surface area contributed by atoms with Crippen LogP contribution in [0.25, 0.3) is 16.7 Å². The van der Waals surface area contributed by atoms with E-state index in [1.54, 1.807) is 0 Å². The molecule has 22 heavy (non-hydrogen) atoms. The van der Waals surface area contributed by atoms with Gasteiger partial charge in [0.05, 0.1) is 6.07 Å². The van der Waals surface area contributed by atoms with Gasteiger partial charge in [0.2, 0.25) is 5.52 Å². The van der Waals surface area contributed by atoms with Crippen molar-refractivity contribution in [2.24, 2.45) is 0 Å². The minimum Gasteiger partial charge on any atom is -0.617 e. The monoisotopic (exact) mass is 312 g/mol. The number of hydrogen-bond acceptors (Lipinski definition) is 6. The number of ether oxygens (including phenoxy) is 1. The lowest BCUT2D eigenvalue weighted by Gasteiger charge is -2.10. The quantitative estimate of drug-likeness (QED) is 0.487. The van der Waals surface area contributed by atoms with Crippen LogP contribution in [0.2, 0.25) is 0 Å². The van der Waals surface area contributed by atoms with Crippen molar-refractivity contribution in [3.8, 4) is 11.8 Å². The van der Waals surface area contributed by atoms with Crippen LogP contribution in [0.15, 0.2) is 27.5 Å². The molecule has 0 aliphatic heterocycles. The molecule has 0 saturated carbocycles. The second-order valence-electron chi connectivity index (χ2n) is 4.04. The highest BCUT2D eigenvalue weighted by atomic mass is 19.4. The van der Waals surface area contributed by atoms with Crippen LogP contribution in [0, 0.1) is 16.5 Å². The maximum absolute atomic E-state index is 12.2. The molecule has 112 valence electrons. The van der Waals surface area contributed by atoms with Gasteiger partial charge in [0.25, 0.3) is 5.65 Å². The molecule has 0 spiro atoms. The average molecular weight is 312 g/mol. The Hall–Kier alpha value is -3.29. The van der Waals surface area contributed by atoms with Gasteiger partial charge in [0, 0.05) is 0 Å². The third-order valence-corrected chi connectivity index (χ3v) is 2.70. The van der Waals surface area contributed by atoms with Gasteiger partial charge in [-0.3, -0.25) is 0 Å². The number of hydrogen-bond donors (Lipinski definition) is 0. The Kier molecular flexibility index (Phi) is 2.71. The standard InChI is InChI=1S/C11H3F3N4O4/c12-11(13,14)21-5-1-2-6-7(3-5)17(20)8(4-15)9-16-10(19)22-18(6)9/h1-3H. The lowest BCUT2D eigenvalue weighted by atomic mass is 10.2. The molecule has 2 aromatic heterocycles. The lowest BCUT2D eigenvalue weighted by molar-refractivity contribution is -0.579. The number of aromatic nitrogens is 3. The summed E-state index contributed by atoms with van der Waals surface area (Å²) in [7, 11) is 0. The normalized spacial score (nSPS) is 11.7. The summed E-state index contributed by atoms with van der Waals surface area (Å²) in [5.41, 5.74) is -1.33. The van der Waals surface area contributed by atoms with Gasteiger partial charge >= 0.3 is 17.8 Å². The highest BCUT2D eigenvalue weighted by Crippen LogP contribution is 2.25. The molecular weight excluding hydrogens is 309 g/mol. The molecule has 0 fully saturated rings. The Bertz CT molecular complexity index is 999. The fourth-order valence-corrected chi connectivity index (χ4v) is 1.93. The average Bonchev–Trinajstić information content (AvgIpc) is 2.79. The highest BCUT2D eigenvalue weighted by Gasteiger charge is 2.32. The zero-order valence-electron chi connectivity index (χ0n) is 10.3. The van der Waals surface area contributed by atoms with Gasteiger partial charge < -0.3 is 14.5 Å². The topological polar surface area (TPSA) is 107 Å². The number of nitriles is 1. The number of fused-ring (bicyclic) bond motifs is 3. The Morgan fingerprint density at radius 1 is 1.45 bits per heavy atom. The summed E-state index contributed by atoms with van der Waals surface area (Å²) in [5, 5.41) is 21.0. The van der Waals surface area contributed by atoms with Crippen molar-refractivity contribution in [2.45, 2.75) is 6.36 Å². The first-order valence-corrected chi connectivity index (χ1v) is 5.55. The van der Waals surface area contributed by atoms with Crippen molar-refractivity contribution in [1.82, 2.24) is 9.56 Å². The van der Waals surface area contributed by atoms with Crippen LogP contribution in [0.5, 0.6) is 5.75 Å². The Morgan fingerprint density at radius 2 is 2.18 bits per heavy atom. The summed E-state index contributed by atoms with van der Waals surface area (Å²) in [6, 6.07) is 4.30. The summed E-state index contributed by atoms with van der Waals surface area (Å²) in [6.07, 6.45) is -4.94. The molecule has 0 saturated heterocycles. The van der Waals surface area contributed by atoms with Gasteiger partial charge in [-0.15, -0.1) is 22.7 Å². The number of alkyl halides is 3. The summed E-state index contributed by atoms with van der Waals surface area (Å²) < 4.78 is 45.9. The Morgan fingerprint density at radius 3 is 2.82 bits per heavy atom. The highest BCUT2D eigenvalue weighted by molar-refractivity contribution is 5.76. The zero-order chi connectivity index (χ0) is 16.1. The third kappa shape index (κ3) is 2.06. The largest absolute Gasteiger partial charge is 0.617 e. The molecule has 0 amide bonds. The first-order chi connectivity index (χ1) is 10.3. The first-order valence-electron chi connectivity index (χ1n) is 5.55. The van der Waals surface area contributed by atoms with E-state index < -0.39 is 23.6 Å². The van der Waals surface area contributed by atoms with E-state index in [0.717, 1.165) is 22.8 Å². The number of benzene rings is 1. The molecule has 3 rings (SSSR count). The van der Waals surface area contributed by atoms with E-state index in [2.05, 4.69) is 9.72 Å². The van der Waals surface area contributed by atoms with Crippen molar-refractivity contribution in [2.75, 3.05) is 0 Å². The summed E-state index contributed by atoms with van der Waals surface area (Å²) in [6.45, 7) is 0. The van der Waals surface area contributed by atoms with Crippen LogP contribution in [0.4, 0.5) is 13.2 Å². The van der Waals surface area contributed by atoms with Gasteiger partial charge in [0.15, 0.2) is 11.6 Å². The van der Waals surface area contributed by atoms with E-state index >= 15 is 0 Å². The molecule has 0 aliphatic rings. The molecule has 0 bridgehead atoms. The van der Waals surface area contributed by atoms with Crippen LogP contribution in [0.3, 0.4) is 0 Å². The molecular formula is C11H3F3N4O4. The van der Waals surface area contributed by atoms with Crippen LogP contribution in [-0.4, -0.2) is 15.9 Å². The zero-order valence-corrected chi connectivity index (χ0v) is 10.3. The summed E-state index contributed by atoms with van der Waals surface area (Å²) >= 11 is 0. The minimum atomic E-state index is -4.94. The molecule has 0 radical (unpaired) electrons. The van der Waals surface area contributed by atoms with Crippen molar-refractivity contribution < 1.29 is 27.2 Å². The van der Waals surface area contributed by atoms with Crippen molar-refractivity contribution in [3.05, 3.63) is 39.7 Å². The molecule has 8 nitrogen and oxygen atoms in total. The number of nitrogens with zero attached hydrogens (tertiary/aromatic N) is 4. The maximum Gasteiger partial charge on any atom is 0.573 e. The number of halogens is 3. The minimum absolute atomic E-state index is 0.0480. The van der Waals surface area contributed by atoms with Crippen molar-refractivity contribution in [1.29, 1.82) is 5.26 Å². The molecule has 0 atom stereocenters. The second kappa shape index (κ2) is 4.35. The Balaban J connectivity index is 2.38. The van der Waals surface area contributed by atoms with Gasteiger partial charge in [-0.25, -0.2) is 4.79 Å². The van der Waals surface area contributed by atoms with E-state index in [9.17, 15) is 23.2 Å². The van der Waals surface area contributed by atoms with E-state index in [-0.39, 0.29) is 21.4 Å². The molecule has 0 aliphatic carbocycles. The Labute approximate surface area is 117 Å². The van der Waals surface area contributed by atoms with Gasteiger partial charge in [-0.1, -0.05) is 0 Å². The maximum atomic E-state index is 12.2. The predicted octanol–water partition coefficient (Wildman–Crippen LogP) is 0.844. The van der Waals surface area contributed by atoms with E-state index in [1.807, 2.05) is 0 Å². The molecule has 2 heterocycles. The smallest absolute Gasteiger partial charge is 0.573 e. The van der Waals surface area contributed by atoms with Gasteiger partial charge in [-0.05, 0) is 12.1 Å². The summed E-state index contributed by atoms with van der Waals surface area (Å²) in [4.78, 5) is 14.5. The molecule has 0 unspecified atom stereocenters. The van der Waals surface area contributed by atoms with Gasteiger partial charge in [-0.2, -0.15) is 9.99 Å². The van der Waals surface area contributed by atoms with Crippen LogP contribution in [0.1, 0.15) is 5.69 Å². The fraction of sp³-hybridized carbons (Fsp3) is 0.0909.